The molecule has 1 unspecified atom stereocenters. The van der Waals surface area contributed by atoms with Crippen LogP contribution in [0, 0.1) is 5.41 Å². The summed E-state index contributed by atoms with van der Waals surface area (Å²) in [5.41, 5.74) is 0.524. The summed E-state index contributed by atoms with van der Waals surface area (Å²) in [7, 11) is 0. The van der Waals surface area contributed by atoms with Crippen molar-refractivity contribution in [3.8, 4) is 0 Å². The van der Waals surface area contributed by atoms with Gasteiger partial charge in [-0.2, -0.15) is 0 Å². The second-order valence-corrected chi connectivity index (χ2v) is 5.20. The fraction of sp³-hybridized carbons (Fsp3) is 0.333. The van der Waals surface area contributed by atoms with Crippen molar-refractivity contribution in [1.82, 2.24) is 15.0 Å². The molecule has 3 rings (SSSR count). The summed E-state index contributed by atoms with van der Waals surface area (Å²) in [6, 6.07) is 1.77. The number of aliphatic hydroxyl groups is 2. The van der Waals surface area contributed by atoms with E-state index >= 15 is 0 Å². The first kappa shape index (κ1) is 14.1. The number of nitrogens with one attached hydrogen (secondary N) is 2. The lowest BCUT2D eigenvalue weighted by molar-refractivity contribution is -0.131. The molecule has 0 aromatic carbocycles. The minimum Gasteiger partial charge on any atom is -0.387 e. The van der Waals surface area contributed by atoms with Gasteiger partial charge in [-0.05, 0) is 6.07 Å². The Morgan fingerprint density at radius 3 is 3.05 bits per heavy atom. The van der Waals surface area contributed by atoms with Crippen molar-refractivity contribution in [2.75, 3.05) is 0 Å². The zero-order valence-electron chi connectivity index (χ0n) is 10.5. The molecule has 0 amide bonds. The number of Topliss-reactive ketones (excluding diaryl/α,β-unsaturated/α-hetero) is 1. The van der Waals surface area contributed by atoms with E-state index in [9.17, 15) is 15.0 Å². The van der Waals surface area contributed by atoms with Gasteiger partial charge in [0.15, 0.2) is 5.82 Å². The third-order valence-corrected chi connectivity index (χ3v) is 3.85. The van der Waals surface area contributed by atoms with E-state index in [0.29, 0.717) is 11.9 Å². The highest BCUT2D eigenvalue weighted by Crippen LogP contribution is 2.42. The number of nitrogens with zero attached hydrogens (tertiary/aromatic N) is 2. The van der Waals surface area contributed by atoms with Crippen molar-refractivity contribution < 1.29 is 19.7 Å². The van der Waals surface area contributed by atoms with Gasteiger partial charge in [0.05, 0.1) is 6.21 Å². The number of ketones is 1. The molecule has 2 aromatic rings. The van der Waals surface area contributed by atoms with Gasteiger partial charge < -0.3 is 25.3 Å². The van der Waals surface area contributed by atoms with Gasteiger partial charge in [-0.25, -0.2) is 9.97 Å². The van der Waals surface area contributed by atoms with Crippen LogP contribution in [0.5, 0.6) is 0 Å². The molecule has 3 heterocycles. The van der Waals surface area contributed by atoms with Crippen LogP contribution in [0.2, 0.25) is 0 Å². The lowest BCUT2D eigenvalue weighted by Crippen LogP contribution is -2.45. The number of ether oxygens (including phenoxy) is 1. The number of aliphatic hydroxyl groups excluding tert-OH is 2. The fourth-order valence-electron chi connectivity index (χ4n) is 2.21. The SMILES string of the molecule is N=CC(=O)[C@@]1(Cl)OC(c2ncc3cc[nH]c3n2)[C@H](O)[C@@H]1O. The van der Waals surface area contributed by atoms with Crippen LogP contribution in [0.3, 0.4) is 0 Å². The number of hydrogen-bond acceptors (Lipinski definition) is 7. The normalized spacial score (nSPS) is 32.4. The average molecular weight is 311 g/mol. The predicted molar refractivity (Wildman–Crippen MR) is 72.1 cm³/mol. The van der Waals surface area contributed by atoms with Gasteiger partial charge in [-0.1, -0.05) is 11.6 Å². The van der Waals surface area contributed by atoms with E-state index in [4.69, 9.17) is 21.7 Å². The summed E-state index contributed by atoms with van der Waals surface area (Å²) in [6.45, 7) is 0. The highest BCUT2D eigenvalue weighted by atomic mass is 35.5. The number of H-pyrrole nitrogens is 1. The highest BCUT2D eigenvalue weighted by Gasteiger charge is 2.58. The Bertz CT molecular complexity index is 720. The Morgan fingerprint density at radius 2 is 2.33 bits per heavy atom. The van der Waals surface area contributed by atoms with E-state index in [1.165, 1.54) is 6.20 Å². The van der Waals surface area contributed by atoms with Gasteiger partial charge in [0.2, 0.25) is 10.8 Å². The van der Waals surface area contributed by atoms with Crippen molar-refractivity contribution in [2.45, 2.75) is 23.4 Å². The molecule has 21 heavy (non-hydrogen) atoms. The van der Waals surface area contributed by atoms with Crippen molar-refractivity contribution >= 4 is 34.6 Å². The molecule has 0 spiro atoms. The van der Waals surface area contributed by atoms with Crippen LogP contribution >= 0.6 is 11.6 Å². The van der Waals surface area contributed by atoms with Crippen LogP contribution in [0.25, 0.3) is 11.0 Å². The number of fused-ring (bicyclic) bond motifs is 1. The zero-order valence-corrected chi connectivity index (χ0v) is 11.3. The number of alkyl halides is 1. The molecule has 2 aromatic heterocycles. The van der Waals surface area contributed by atoms with Gasteiger partial charge in [0, 0.05) is 17.8 Å². The summed E-state index contributed by atoms with van der Waals surface area (Å²) in [5, 5.41) is 25.5. The molecular formula is C12H11ClN4O4. The van der Waals surface area contributed by atoms with E-state index in [-0.39, 0.29) is 5.82 Å². The van der Waals surface area contributed by atoms with Gasteiger partial charge in [0.25, 0.3) is 0 Å². The maximum Gasteiger partial charge on any atom is 0.235 e. The van der Waals surface area contributed by atoms with Crippen LogP contribution < -0.4 is 0 Å². The molecule has 1 saturated heterocycles. The molecule has 1 aliphatic heterocycles. The number of carbonyl (C=O) groups is 1. The number of aromatic amines is 1. The molecule has 0 aliphatic carbocycles. The van der Waals surface area contributed by atoms with Crippen LogP contribution in [0.4, 0.5) is 0 Å². The largest absolute Gasteiger partial charge is 0.387 e. The monoisotopic (exact) mass is 310 g/mol. The van der Waals surface area contributed by atoms with Gasteiger partial charge in [-0.15, -0.1) is 0 Å². The smallest absolute Gasteiger partial charge is 0.235 e. The summed E-state index contributed by atoms with van der Waals surface area (Å²) >= 11 is 5.91. The third-order valence-electron chi connectivity index (χ3n) is 3.35. The standard InChI is InChI=1S/C12H11ClN4O4/c13-12(6(18)3-14)9(20)7(19)8(21-12)11-16-4-5-1-2-15-10(5)17-11/h1-4,7-9,14,19-20H,(H,15,16,17)/t7-,8?,9-,12+/m0/s1. The first-order valence-electron chi connectivity index (χ1n) is 6.05. The molecule has 1 fully saturated rings. The Kier molecular flexibility index (Phi) is 3.25. The average Bonchev–Trinajstić information content (AvgIpc) is 3.05. The van der Waals surface area contributed by atoms with Crippen LogP contribution in [0.1, 0.15) is 11.9 Å². The molecule has 4 N–H and O–H groups in total. The van der Waals surface area contributed by atoms with Gasteiger partial charge in [0.1, 0.15) is 24.0 Å². The van der Waals surface area contributed by atoms with E-state index < -0.39 is 29.2 Å². The van der Waals surface area contributed by atoms with Crippen LogP contribution in [0.15, 0.2) is 18.5 Å². The predicted octanol–water partition coefficient (Wildman–Crippen LogP) is -0.0952. The molecular weight excluding hydrogens is 300 g/mol. The number of aromatic nitrogens is 3. The molecule has 9 heteroatoms. The molecule has 1 aliphatic rings. The van der Waals surface area contributed by atoms with E-state index in [0.717, 1.165) is 5.39 Å². The number of hydrogen-bond donors (Lipinski definition) is 4. The first-order chi connectivity index (χ1) is 9.97. The molecule has 8 nitrogen and oxygen atoms in total. The Morgan fingerprint density at radius 1 is 1.57 bits per heavy atom. The Hall–Kier alpha value is -1.87. The van der Waals surface area contributed by atoms with Crippen LogP contribution in [-0.4, -0.2) is 54.4 Å². The topological polar surface area (TPSA) is 132 Å². The summed E-state index contributed by atoms with van der Waals surface area (Å²) in [6.07, 6.45) is -0.730. The summed E-state index contributed by atoms with van der Waals surface area (Å²) in [5.74, 6) is -0.879. The summed E-state index contributed by atoms with van der Waals surface area (Å²) in [4.78, 5) is 22.7. The second kappa shape index (κ2) is 4.85. The maximum absolute atomic E-state index is 11.6. The highest BCUT2D eigenvalue weighted by molar-refractivity contribution is 6.46. The fourth-order valence-corrected chi connectivity index (χ4v) is 2.49. The Labute approximate surface area is 123 Å². The van der Waals surface area contributed by atoms with Crippen LogP contribution in [-0.2, 0) is 9.53 Å². The second-order valence-electron chi connectivity index (χ2n) is 4.64. The summed E-state index contributed by atoms with van der Waals surface area (Å²) < 4.78 is 5.26. The van der Waals surface area contributed by atoms with Crippen molar-refractivity contribution in [3.05, 3.63) is 24.3 Å². The van der Waals surface area contributed by atoms with Gasteiger partial charge in [-0.3, -0.25) is 4.79 Å². The molecule has 110 valence electrons. The lowest BCUT2D eigenvalue weighted by atomic mass is 10.0. The zero-order chi connectivity index (χ0) is 15.2. The number of carbonyl (C=O) groups excluding carboxylic acids is 1. The molecule has 0 saturated carbocycles. The van der Waals surface area contributed by atoms with Gasteiger partial charge >= 0.3 is 0 Å². The molecule has 0 bridgehead atoms. The van der Waals surface area contributed by atoms with E-state index in [2.05, 4.69) is 15.0 Å². The third kappa shape index (κ3) is 2.04. The van der Waals surface area contributed by atoms with Crippen molar-refractivity contribution in [3.63, 3.8) is 0 Å². The molecule has 0 radical (unpaired) electrons. The minimum absolute atomic E-state index is 0.0804. The maximum atomic E-state index is 11.6. The Balaban J connectivity index is 1.99. The molecule has 4 atom stereocenters. The number of halogens is 1. The van der Waals surface area contributed by atoms with E-state index in [1.54, 1.807) is 12.3 Å². The van der Waals surface area contributed by atoms with Crippen molar-refractivity contribution in [1.29, 1.82) is 5.41 Å². The first-order valence-corrected chi connectivity index (χ1v) is 6.43. The quantitative estimate of drug-likeness (QED) is 0.462. The van der Waals surface area contributed by atoms with E-state index in [1.807, 2.05) is 0 Å². The number of rotatable bonds is 3. The van der Waals surface area contributed by atoms with Crippen molar-refractivity contribution in [2.24, 2.45) is 0 Å². The lowest BCUT2D eigenvalue weighted by Gasteiger charge is -2.20. The minimum atomic E-state index is -2.21.